The Kier molecular flexibility index (Phi) is 17.1. The molecule has 14 N–H and O–H groups in total. The number of carbonyl (C=O) groups is 4. The molecular formula is C46H60F2N10O9. The summed E-state index contributed by atoms with van der Waals surface area (Å²) in [4.78, 5) is 65.6. The number of aliphatic hydroxyl groups excluding tert-OH is 2. The highest BCUT2D eigenvalue weighted by molar-refractivity contribution is 6.02. The van der Waals surface area contributed by atoms with E-state index in [-0.39, 0.29) is 78.6 Å². The summed E-state index contributed by atoms with van der Waals surface area (Å²) in [7, 11) is 1.23. The van der Waals surface area contributed by atoms with Crippen molar-refractivity contribution in [2.75, 3.05) is 52.2 Å². The average molecular weight is 935 g/mol. The first-order valence-corrected chi connectivity index (χ1v) is 21.6. The number of aromatic nitrogens is 2. The Morgan fingerprint density at radius 1 is 0.925 bits per heavy atom. The van der Waals surface area contributed by atoms with E-state index >= 15 is 0 Å². The molecule has 5 atom stereocenters. The molecule has 0 spiro atoms. The van der Waals surface area contributed by atoms with Crippen molar-refractivity contribution in [1.82, 2.24) is 30.8 Å². The van der Waals surface area contributed by atoms with Crippen molar-refractivity contribution < 1.29 is 52.8 Å². The van der Waals surface area contributed by atoms with E-state index < -0.39 is 89.8 Å². The van der Waals surface area contributed by atoms with Crippen LogP contribution in [0.5, 0.6) is 17.2 Å². The number of anilines is 1. The lowest BCUT2D eigenvalue weighted by molar-refractivity contribution is -0.141. The molecule has 0 fully saturated rings. The molecule has 1 aromatic heterocycles. The number of hydrogen-bond acceptors (Lipinski definition) is 15. The fraction of sp³-hybridized carbons (Fsp3) is 0.435. The van der Waals surface area contributed by atoms with Crippen molar-refractivity contribution in [3.8, 4) is 39.8 Å². The van der Waals surface area contributed by atoms with Crippen LogP contribution >= 0.6 is 0 Å². The zero-order valence-electron chi connectivity index (χ0n) is 38.0. The van der Waals surface area contributed by atoms with Crippen LogP contribution in [0.1, 0.15) is 79.3 Å². The smallest absolute Gasteiger partial charge is 0.281 e. The number of aromatic hydroxyl groups is 1. The third-order valence-corrected chi connectivity index (χ3v) is 11.1. The maximum atomic E-state index is 14.7. The molecular weight excluding hydrogens is 875 g/mol. The predicted molar refractivity (Wildman–Crippen MR) is 245 cm³/mol. The Hall–Kier alpha value is -6.52. The van der Waals surface area contributed by atoms with E-state index in [1.807, 2.05) is 20.8 Å². The number of ether oxygens (including phenoxy) is 2. The third kappa shape index (κ3) is 12.5. The van der Waals surface area contributed by atoms with Gasteiger partial charge in [0, 0.05) is 43.4 Å². The average Bonchev–Trinajstić information content (AvgIpc) is 3.29. The Morgan fingerprint density at radius 2 is 1.57 bits per heavy atom. The largest absolute Gasteiger partial charge is 0.504 e. The van der Waals surface area contributed by atoms with E-state index in [1.54, 1.807) is 42.5 Å². The van der Waals surface area contributed by atoms with Crippen LogP contribution in [0, 0.1) is 0 Å². The minimum absolute atomic E-state index is 0.0111. The fourth-order valence-corrected chi connectivity index (χ4v) is 7.23. The number of phenolic OH excluding ortho intramolecular Hbond substituents is 1. The highest BCUT2D eigenvalue weighted by Crippen LogP contribution is 2.45. The molecule has 67 heavy (non-hydrogen) atoms. The minimum atomic E-state index is -3.30. The van der Waals surface area contributed by atoms with Gasteiger partial charge < -0.3 is 68.6 Å². The summed E-state index contributed by atoms with van der Waals surface area (Å²) < 4.78 is 41.3. The summed E-state index contributed by atoms with van der Waals surface area (Å²) in [6.07, 6.45) is -5.51. The van der Waals surface area contributed by atoms with E-state index in [0.29, 0.717) is 17.5 Å². The topological polar surface area (TPSA) is 317 Å². The number of nitrogen functional groups attached to an aromatic ring is 1. The second kappa shape index (κ2) is 22.3. The molecule has 0 unspecified atom stereocenters. The summed E-state index contributed by atoms with van der Waals surface area (Å²) in [5.74, 6) is -4.94. The van der Waals surface area contributed by atoms with Crippen LogP contribution < -0.4 is 48.4 Å². The Morgan fingerprint density at radius 3 is 2.16 bits per heavy atom. The van der Waals surface area contributed by atoms with Crippen LogP contribution in [0.3, 0.4) is 0 Å². The molecule has 0 aliphatic carbocycles. The van der Waals surface area contributed by atoms with Gasteiger partial charge in [0.15, 0.2) is 17.3 Å². The van der Waals surface area contributed by atoms with Crippen molar-refractivity contribution in [1.29, 1.82) is 0 Å². The highest BCUT2D eigenvalue weighted by Gasteiger charge is 2.37. The molecule has 4 aromatic rings. The van der Waals surface area contributed by atoms with Gasteiger partial charge in [0.2, 0.25) is 17.7 Å². The standard InChI is InChI=1S/C46H60F2N10O9/c1-23-42(62)53-15-13-24-6-11-33(66-21-28(59)19-50)30(16-24)31-17-26(18-34(38(31)61)67-22-29(60)20-51)37(44(64)54-23)58(5)45(65)32(12-14-49)55-43(63)35-36(39(47)48)56-41(57-40(35)52)25-7-9-27(10-8-25)46(2,3)4/h6-11,16-18,23,28-29,32,37,39,59-61H,12-15,19-22,49-51H2,1-5H3,(H,53,62)(H,54,64)(H,55,63)(H2,52,56,57)/t23-,28+,29+,32-,37-/m0/s1. The maximum Gasteiger partial charge on any atom is 0.281 e. The second-order valence-electron chi connectivity index (χ2n) is 17.2. The molecule has 1 aliphatic heterocycles. The van der Waals surface area contributed by atoms with Gasteiger partial charge in [-0.1, -0.05) is 51.1 Å². The number of phenols is 1. The number of nitrogens with two attached hydrogens (primary N) is 4. The van der Waals surface area contributed by atoms with Gasteiger partial charge >= 0.3 is 0 Å². The van der Waals surface area contributed by atoms with Crippen LogP contribution in [0.25, 0.3) is 22.5 Å². The van der Waals surface area contributed by atoms with Gasteiger partial charge in [-0.05, 0) is 72.7 Å². The van der Waals surface area contributed by atoms with Gasteiger partial charge in [0.25, 0.3) is 12.3 Å². The van der Waals surface area contributed by atoms with Crippen molar-refractivity contribution in [3.05, 3.63) is 82.5 Å². The number of hydrogen-bond donors (Lipinski definition) is 10. The van der Waals surface area contributed by atoms with Crippen LogP contribution in [-0.2, 0) is 26.2 Å². The van der Waals surface area contributed by atoms with E-state index in [1.165, 1.54) is 26.1 Å². The summed E-state index contributed by atoms with van der Waals surface area (Å²) in [6.45, 7) is 6.39. The van der Waals surface area contributed by atoms with Crippen LogP contribution in [-0.4, -0.2) is 125 Å². The SMILES string of the molecule is C[C@@H]1NC(=O)[C@@H](N(C)C(=O)[C@H](CCN)NC(=O)c2c(N)nc(-c3ccc(C(C)(C)C)cc3)nc2C(F)F)c2cc(OC[C@H](O)CN)c(O)c(c2)-c2cc(ccc2OC[C@H](O)CN)CCNC1=O. The summed E-state index contributed by atoms with van der Waals surface area (Å²) in [5.41, 5.74) is 23.7. The minimum Gasteiger partial charge on any atom is -0.504 e. The zero-order valence-corrected chi connectivity index (χ0v) is 38.0. The molecule has 5 rings (SSSR count). The molecule has 0 radical (unpaired) electrons. The Balaban J connectivity index is 1.61. The number of nitrogens with zero attached hydrogens (tertiary/aromatic N) is 3. The van der Waals surface area contributed by atoms with Crippen molar-refractivity contribution in [2.24, 2.45) is 17.2 Å². The highest BCUT2D eigenvalue weighted by atomic mass is 19.3. The van der Waals surface area contributed by atoms with Gasteiger partial charge in [0.1, 0.15) is 66.4 Å². The van der Waals surface area contributed by atoms with Crippen LogP contribution in [0.15, 0.2) is 54.6 Å². The number of likely N-dealkylation sites (N-methyl/N-ethyl adjacent to an activating group) is 1. The first-order valence-electron chi connectivity index (χ1n) is 21.6. The lowest BCUT2D eigenvalue weighted by Gasteiger charge is -2.32. The Labute approximate surface area is 386 Å². The van der Waals surface area contributed by atoms with Crippen molar-refractivity contribution >= 4 is 29.4 Å². The molecule has 362 valence electrons. The van der Waals surface area contributed by atoms with Gasteiger partial charge in [-0.3, -0.25) is 19.2 Å². The van der Waals surface area contributed by atoms with Gasteiger partial charge in [-0.2, -0.15) is 0 Å². The quantitative estimate of drug-likeness (QED) is 0.0762. The van der Waals surface area contributed by atoms with Gasteiger partial charge in [0.05, 0.1) is 0 Å². The normalized spacial score (nSPS) is 16.8. The first-order chi connectivity index (χ1) is 31.7. The number of amides is 4. The monoisotopic (exact) mass is 934 g/mol. The van der Waals surface area contributed by atoms with E-state index in [0.717, 1.165) is 10.5 Å². The predicted octanol–water partition coefficient (Wildman–Crippen LogP) is 1.55. The summed E-state index contributed by atoms with van der Waals surface area (Å²) in [6, 6.07) is 10.1. The number of rotatable bonds is 16. The van der Waals surface area contributed by atoms with Crippen molar-refractivity contribution in [3.63, 3.8) is 0 Å². The summed E-state index contributed by atoms with van der Waals surface area (Å²) >= 11 is 0. The molecule has 2 heterocycles. The van der Waals surface area contributed by atoms with E-state index in [9.17, 15) is 43.3 Å². The number of alkyl halides is 2. The Bertz CT molecular complexity index is 2420. The third-order valence-electron chi connectivity index (χ3n) is 11.1. The molecule has 19 nitrogen and oxygen atoms in total. The summed E-state index contributed by atoms with van der Waals surface area (Å²) in [5, 5.41) is 40.2. The van der Waals surface area contributed by atoms with Crippen LogP contribution in [0.4, 0.5) is 14.6 Å². The lowest BCUT2D eigenvalue weighted by atomic mass is 9.86. The van der Waals surface area contributed by atoms with E-state index in [4.69, 9.17) is 32.4 Å². The van der Waals surface area contributed by atoms with Gasteiger partial charge in [-0.25, -0.2) is 18.7 Å². The number of aliphatic hydroxyl groups is 2. The molecule has 21 heteroatoms. The van der Waals surface area contributed by atoms with Crippen molar-refractivity contribution in [2.45, 2.75) is 82.7 Å². The molecule has 0 saturated heterocycles. The number of carbonyl (C=O) groups excluding carboxylic acids is 4. The number of halogens is 2. The first kappa shape index (κ1) is 51.5. The molecule has 1 aliphatic rings. The molecule has 4 amide bonds. The number of benzene rings is 3. The molecule has 4 bridgehead atoms. The molecule has 3 aromatic carbocycles. The second-order valence-corrected chi connectivity index (χ2v) is 17.2. The van der Waals surface area contributed by atoms with E-state index in [2.05, 4.69) is 25.9 Å². The molecule has 0 saturated carbocycles. The maximum absolute atomic E-state index is 14.7. The van der Waals surface area contributed by atoms with Crippen LogP contribution in [0.2, 0.25) is 0 Å². The lowest BCUT2D eigenvalue weighted by Crippen LogP contribution is -2.53. The number of fused-ring (bicyclic) bond motifs is 5. The number of nitrogens with one attached hydrogen (secondary N) is 3. The van der Waals surface area contributed by atoms with Gasteiger partial charge in [-0.15, -0.1) is 0 Å². The fourth-order valence-electron chi connectivity index (χ4n) is 7.23. The zero-order chi connectivity index (χ0) is 49.3.